The van der Waals surface area contributed by atoms with Crippen LogP contribution in [0.4, 0.5) is 0 Å². The van der Waals surface area contributed by atoms with Gasteiger partial charge in [-0.3, -0.25) is 40.5 Å². The number of nitro groups is 4. The van der Waals surface area contributed by atoms with E-state index < -0.39 is 42.5 Å². The third-order valence-corrected chi connectivity index (χ3v) is 12.3. The van der Waals surface area contributed by atoms with Crippen molar-refractivity contribution in [2.45, 2.75) is 107 Å². The second-order valence-electron chi connectivity index (χ2n) is 15.8. The topological polar surface area (TPSA) is 303 Å². The summed E-state index contributed by atoms with van der Waals surface area (Å²) in [5.74, 6) is 1.66. The van der Waals surface area contributed by atoms with Crippen LogP contribution in [0.15, 0.2) is 77.8 Å². The van der Waals surface area contributed by atoms with Gasteiger partial charge in [0.25, 0.3) is 0 Å². The predicted molar refractivity (Wildman–Crippen MR) is 258 cm³/mol. The summed E-state index contributed by atoms with van der Waals surface area (Å²) >= 11 is 0. The molecule has 0 unspecified atom stereocenters. The van der Waals surface area contributed by atoms with Crippen LogP contribution in [0, 0.1) is 53.3 Å². The Morgan fingerprint density at radius 1 is 0.408 bits per heavy atom. The van der Waals surface area contributed by atoms with Gasteiger partial charge in [-0.25, -0.2) is 9.98 Å². The fraction of sp³-hybridized carbons (Fsp3) is 0.333. The summed E-state index contributed by atoms with van der Waals surface area (Å²) in [5.41, 5.74) is 2.75. The van der Waals surface area contributed by atoms with E-state index in [0.717, 1.165) is 22.8 Å². The predicted octanol–water partition coefficient (Wildman–Crippen LogP) is 4.99. The van der Waals surface area contributed by atoms with Crippen LogP contribution in [0.2, 0.25) is 0 Å². The number of hydrogen-bond donors (Lipinski definition) is 0. The van der Waals surface area contributed by atoms with E-state index >= 15 is 0 Å². The average Bonchev–Trinajstić information content (AvgIpc) is 4.27. The second-order valence-corrected chi connectivity index (χ2v) is 15.8. The standard InChI is InChI=1S/C36H40N8O8.2C6H4N3.Co/c1-9-17-18(10-2)26-34(42(47)48)28-21(13-5)22(14-6)30(39-28)36(44(51)52)32-24(16-8)23(15-7)31(40-32)35(43(49)50)29-20(12-4)19(11-3)27(38-29)33(41(45)46)25(17)37-26;2*1-3-7-4-2-5(1)6-8-9-6;/h9-16H2,1-8H3;2*1-4H;/q-4;2*+1;+2/b33-25+,33-27?,34-26+,34-28?,35-29?,35-31+,36-30?,36-32+;;;. The van der Waals surface area contributed by atoms with E-state index in [2.05, 4.69) is 50.4 Å². The molecule has 0 saturated heterocycles. The van der Waals surface area contributed by atoms with Gasteiger partial charge in [-0.1, -0.05) is 144 Å². The third kappa shape index (κ3) is 9.90. The van der Waals surface area contributed by atoms with Gasteiger partial charge in [0.1, 0.15) is 0 Å². The first-order valence-corrected chi connectivity index (χ1v) is 22.9. The van der Waals surface area contributed by atoms with Gasteiger partial charge in [0, 0.05) is 0 Å². The Balaban J connectivity index is 0.000000355. The molecule has 8 bridgehead atoms. The van der Waals surface area contributed by atoms with Crippen LogP contribution in [0.3, 0.4) is 0 Å². The van der Waals surface area contributed by atoms with Crippen molar-refractivity contribution in [2.75, 3.05) is 0 Å². The zero-order valence-corrected chi connectivity index (χ0v) is 41.2. The van der Waals surface area contributed by atoms with Crippen molar-refractivity contribution in [2.24, 2.45) is 30.4 Å². The Morgan fingerprint density at radius 3 is 0.817 bits per heavy atom. The molecule has 9 rings (SSSR count). The average molecular weight is 1010 g/mol. The van der Waals surface area contributed by atoms with E-state index in [4.69, 9.17) is 0 Å². The molecule has 0 aliphatic carbocycles. The Kier molecular flexibility index (Phi) is 16.3. The maximum Gasteiger partial charge on any atom is 2.00 e. The molecule has 1 radical (unpaired) electrons. The van der Waals surface area contributed by atoms with Gasteiger partial charge < -0.3 is 19.9 Å². The number of aromatic nitrogens is 4. The molecule has 0 fully saturated rings. The monoisotopic (exact) mass is 1010 g/mol. The number of fused-ring (bicyclic) bond motifs is 8. The summed E-state index contributed by atoms with van der Waals surface area (Å²) in [5, 5.41) is 66.9. The van der Waals surface area contributed by atoms with Crippen LogP contribution in [0.25, 0.3) is 22.8 Å². The minimum Gasteiger partial charge on any atom is -0.646 e. The van der Waals surface area contributed by atoms with Gasteiger partial charge in [-0.15, -0.1) is 0 Å². The second kappa shape index (κ2) is 22.1. The number of hydrogen-bond acceptors (Lipinski definition) is 14. The molecule has 71 heavy (non-hydrogen) atoms. The van der Waals surface area contributed by atoms with E-state index in [0.29, 0.717) is 44.5 Å². The van der Waals surface area contributed by atoms with Gasteiger partial charge in [0.15, 0.2) is 11.1 Å². The molecule has 367 valence electrons. The summed E-state index contributed by atoms with van der Waals surface area (Å²) in [6.07, 6.45) is 16.2. The van der Waals surface area contributed by atoms with Crippen LogP contribution in [0.1, 0.15) is 123 Å². The summed E-state index contributed by atoms with van der Waals surface area (Å²) in [7, 11) is 0. The van der Waals surface area contributed by atoms with E-state index in [-0.39, 0.29) is 112 Å². The van der Waals surface area contributed by atoms with Gasteiger partial charge in [-0.05, 0) is 71.8 Å². The number of nitrogens with zero attached hydrogens (tertiary/aromatic N) is 14. The Morgan fingerprint density at radius 2 is 0.648 bits per heavy atom. The Hall–Kier alpha value is -8.05. The molecule has 4 aromatic rings. The molecule has 0 aromatic carbocycles. The summed E-state index contributed by atoms with van der Waals surface area (Å²) < 4.78 is 0. The molecule has 0 amide bonds. The smallest absolute Gasteiger partial charge is 0.646 e. The first-order chi connectivity index (χ1) is 33.7. The maximum absolute atomic E-state index is 13.2. The SMILES string of the molecule is C1=CC(=C2N=N2)[CH+]C=N1.C1=CC(=C2N=N2)[CH+]C=N1.CCc1c2[n-]c(c1CC)/C([N+](=O)[O-])=c1\[n-]/c(c(CC)c1CC)=C(/[N+](=O)[O-])c1[n-]c(c(CC)c1CC)/C([N+](=O)[O-])=c1\[n-]/c(c(CC)c1CC)=C\2[N+](=O)[O-].[Co+2]. The first kappa shape index (κ1) is 52.3. The van der Waals surface area contributed by atoms with Crippen molar-refractivity contribution in [3.05, 3.63) is 189 Å². The molecule has 5 aliphatic rings. The van der Waals surface area contributed by atoms with Gasteiger partial charge in [0.2, 0.25) is 22.8 Å². The molecule has 0 spiro atoms. The summed E-state index contributed by atoms with van der Waals surface area (Å²) in [6.45, 7) is 14.1. The normalized spacial score (nSPS) is 17.7. The zero-order valence-electron chi connectivity index (χ0n) is 40.1. The Labute approximate surface area is 416 Å². The molecule has 0 saturated carbocycles. The molecular weight excluding hydrogens is 960 g/mol. The van der Waals surface area contributed by atoms with Crippen LogP contribution < -0.4 is 41.3 Å². The molecule has 0 atom stereocenters. The number of allylic oxidation sites excluding steroid dienone is 4. The van der Waals surface area contributed by atoms with Crippen molar-refractivity contribution < 1.29 is 36.5 Å². The summed E-state index contributed by atoms with van der Waals surface area (Å²) in [6, 6.07) is 0. The van der Waals surface area contributed by atoms with Crippen molar-refractivity contribution in [3.8, 4) is 0 Å². The molecule has 5 aliphatic heterocycles. The van der Waals surface area contributed by atoms with Crippen LogP contribution in [-0.4, -0.2) is 32.1 Å². The van der Waals surface area contributed by atoms with Crippen LogP contribution >= 0.6 is 0 Å². The minimum absolute atomic E-state index is 0. The fourth-order valence-electron chi connectivity index (χ4n) is 9.17. The van der Waals surface area contributed by atoms with E-state index in [1.54, 1.807) is 80.2 Å². The molecule has 4 aromatic heterocycles. The first-order valence-electron chi connectivity index (χ1n) is 22.9. The number of aliphatic imine (C=N–C) groups is 2. The molecule has 22 nitrogen and oxygen atoms in total. The van der Waals surface area contributed by atoms with Crippen LogP contribution in [0.5, 0.6) is 0 Å². The third-order valence-electron chi connectivity index (χ3n) is 12.3. The molecule has 9 heterocycles. The van der Waals surface area contributed by atoms with Gasteiger partial charge in [-0.2, -0.15) is 0 Å². The van der Waals surface area contributed by atoms with Crippen molar-refractivity contribution in [1.82, 2.24) is 19.9 Å². The van der Waals surface area contributed by atoms with Crippen molar-refractivity contribution >= 4 is 35.2 Å². The van der Waals surface area contributed by atoms with E-state index in [1.165, 1.54) is 0 Å². The zero-order chi connectivity index (χ0) is 50.6. The molecule has 0 N–H and O–H groups in total. The number of rotatable bonds is 12. The van der Waals surface area contributed by atoms with Crippen molar-refractivity contribution in [3.63, 3.8) is 0 Å². The molecular formula is C48H48CoN14O8. The van der Waals surface area contributed by atoms with Crippen LogP contribution in [-0.2, 0) is 68.1 Å². The molecule has 23 heteroatoms. The minimum atomic E-state index is -0.633. The largest absolute Gasteiger partial charge is 2.00 e. The maximum atomic E-state index is 13.2. The quantitative estimate of drug-likeness (QED) is 0.103. The Bertz CT molecular complexity index is 2990. The van der Waals surface area contributed by atoms with Gasteiger partial charge in [0.05, 0.1) is 69.5 Å². The fourth-order valence-corrected chi connectivity index (χ4v) is 9.17. The summed E-state index contributed by atoms with van der Waals surface area (Å²) in [4.78, 5) is 76.4. The van der Waals surface area contributed by atoms with Gasteiger partial charge >= 0.3 is 28.4 Å². The van der Waals surface area contributed by atoms with Crippen molar-refractivity contribution in [1.29, 1.82) is 0 Å². The van der Waals surface area contributed by atoms with E-state index in [1.807, 2.05) is 25.0 Å². The van der Waals surface area contributed by atoms with E-state index in [9.17, 15) is 40.5 Å².